The molecular formula is C10H6O4. The van der Waals surface area contributed by atoms with Gasteiger partial charge in [0.2, 0.25) is 6.79 Å². The zero-order chi connectivity index (χ0) is 9.54. The van der Waals surface area contributed by atoms with Crippen LogP contribution in [0, 0.1) is 0 Å². The van der Waals surface area contributed by atoms with Crippen LogP contribution in [-0.2, 0) is 0 Å². The van der Waals surface area contributed by atoms with E-state index in [1.807, 2.05) is 0 Å². The average molecular weight is 190 g/mol. The zero-order valence-electron chi connectivity index (χ0n) is 7.15. The van der Waals surface area contributed by atoms with Crippen molar-refractivity contribution in [1.29, 1.82) is 0 Å². The third-order valence-electron chi connectivity index (χ3n) is 2.11. The molecule has 2 heterocycles. The molecule has 4 nitrogen and oxygen atoms in total. The fourth-order valence-electron chi connectivity index (χ4n) is 1.46. The highest BCUT2D eigenvalue weighted by Crippen LogP contribution is 2.35. The quantitative estimate of drug-likeness (QED) is 0.591. The monoisotopic (exact) mass is 190 g/mol. The third-order valence-corrected chi connectivity index (χ3v) is 2.11. The third kappa shape index (κ3) is 0.970. The van der Waals surface area contributed by atoms with Crippen molar-refractivity contribution >= 4 is 11.0 Å². The van der Waals surface area contributed by atoms with Gasteiger partial charge in [-0.05, 0) is 12.1 Å². The molecule has 0 fully saturated rings. The molecule has 2 aromatic rings. The zero-order valence-corrected chi connectivity index (χ0v) is 7.15. The first-order valence-electron chi connectivity index (χ1n) is 4.16. The Morgan fingerprint density at radius 3 is 2.71 bits per heavy atom. The van der Waals surface area contributed by atoms with Gasteiger partial charge in [-0.3, -0.25) is 0 Å². The predicted molar refractivity (Wildman–Crippen MR) is 48.6 cm³/mol. The summed E-state index contributed by atoms with van der Waals surface area (Å²) in [5.41, 5.74) is 0.151. The number of ether oxygens (including phenoxy) is 2. The second kappa shape index (κ2) is 2.51. The molecule has 0 aliphatic carbocycles. The molecule has 1 aromatic carbocycles. The maximum absolute atomic E-state index is 10.9. The first-order valence-corrected chi connectivity index (χ1v) is 4.16. The molecule has 0 atom stereocenters. The van der Waals surface area contributed by atoms with Crippen LogP contribution in [0.1, 0.15) is 0 Å². The van der Waals surface area contributed by atoms with Gasteiger partial charge in [-0.1, -0.05) is 0 Å². The van der Waals surface area contributed by atoms with Crippen molar-refractivity contribution < 1.29 is 13.9 Å². The number of rotatable bonds is 0. The molecule has 1 aromatic heterocycles. The average Bonchev–Trinajstić information content (AvgIpc) is 2.61. The lowest BCUT2D eigenvalue weighted by Crippen LogP contribution is -1.93. The highest BCUT2D eigenvalue weighted by Gasteiger charge is 2.14. The van der Waals surface area contributed by atoms with E-state index < -0.39 is 0 Å². The van der Waals surface area contributed by atoms with Crippen molar-refractivity contribution in [3.05, 3.63) is 34.7 Å². The minimum absolute atomic E-state index is 0.218. The fourth-order valence-corrected chi connectivity index (χ4v) is 1.46. The lowest BCUT2D eigenvalue weighted by atomic mass is 10.2. The molecule has 3 rings (SSSR count). The SMILES string of the molecule is O=c1ccc2cc3c(cc2o1)OCO3. The number of hydrogen-bond donors (Lipinski definition) is 0. The van der Waals surface area contributed by atoms with E-state index in [1.165, 1.54) is 6.07 Å². The Hall–Kier alpha value is -1.97. The molecule has 0 saturated carbocycles. The van der Waals surface area contributed by atoms with Crippen LogP contribution in [0.4, 0.5) is 0 Å². The lowest BCUT2D eigenvalue weighted by Gasteiger charge is -1.98. The Morgan fingerprint density at radius 1 is 1.07 bits per heavy atom. The van der Waals surface area contributed by atoms with E-state index in [1.54, 1.807) is 18.2 Å². The molecule has 0 N–H and O–H groups in total. The minimum Gasteiger partial charge on any atom is -0.454 e. The summed E-state index contributed by atoms with van der Waals surface area (Å²) in [4.78, 5) is 10.9. The first-order chi connectivity index (χ1) is 6.83. The Kier molecular flexibility index (Phi) is 1.33. The second-order valence-electron chi connectivity index (χ2n) is 3.00. The Labute approximate surface area is 78.7 Å². The van der Waals surface area contributed by atoms with Crippen LogP contribution < -0.4 is 15.1 Å². The van der Waals surface area contributed by atoms with Crippen molar-refractivity contribution in [3.8, 4) is 11.5 Å². The van der Waals surface area contributed by atoms with E-state index in [0.29, 0.717) is 17.1 Å². The molecule has 4 heteroatoms. The van der Waals surface area contributed by atoms with Gasteiger partial charge < -0.3 is 13.9 Å². The van der Waals surface area contributed by atoms with E-state index >= 15 is 0 Å². The van der Waals surface area contributed by atoms with E-state index in [2.05, 4.69) is 0 Å². The van der Waals surface area contributed by atoms with Gasteiger partial charge in [0.25, 0.3) is 0 Å². The van der Waals surface area contributed by atoms with Crippen LogP contribution in [0.15, 0.2) is 33.5 Å². The summed E-state index contributed by atoms with van der Waals surface area (Å²) in [6, 6.07) is 6.54. The van der Waals surface area contributed by atoms with Crippen LogP contribution in [0.2, 0.25) is 0 Å². The molecule has 0 spiro atoms. The molecule has 70 valence electrons. The molecule has 0 bridgehead atoms. The fraction of sp³-hybridized carbons (Fsp3) is 0.100. The standard InChI is InChI=1S/C10H6O4/c11-10-2-1-6-3-8-9(13-5-12-8)4-7(6)14-10/h1-4H,5H2. The Bertz CT molecular complexity index is 556. The van der Waals surface area contributed by atoms with Crippen LogP contribution in [-0.4, -0.2) is 6.79 Å². The highest BCUT2D eigenvalue weighted by molar-refractivity contribution is 5.80. The van der Waals surface area contributed by atoms with E-state index in [0.717, 1.165) is 5.39 Å². The van der Waals surface area contributed by atoms with Crippen LogP contribution in [0.25, 0.3) is 11.0 Å². The Morgan fingerprint density at radius 2 is 1.86 bits per heavy atom. The van der Waals surface area contributed by atoms with Gasteiger partial charge in [0.1, 0.15) is 5.58 Å². The maximum Gasteiger partial charge on any atom is 0.336 e. The van der Waals surface area contributed by atoms with Gasteiger partial charge in [-0.15, -0.1) is 0 Å². The minimum atomic E-state index is -0.364. The van der Waals surface area contributed by atoms with Gasteiger partial charge in [0, 0.05) is 17.5 Å². The van der Waals surface area contributed by atoms with Gasteiger partial charge >= 0.3 is 5.63 Å². The summed E-state index contributed by atoms with van der Waals surface area (Å²) >= 11 is 0. The molecule has 0 saturated heterocycles. The Balaban J connectivity index is 2.39. The summed E-state index contributed by atoms with van der Waals surface area (Å²) in [5, 5.41) is 0.828. The van der Waals surface area contributed by atoms with E-state index in [-0.39, 0.29) is 12.4 Å². The molecule has 0 unspecified atom stereocenters. The van der Waals surface area contributed by atoms with Gasteiger partial charge in [0.15, 0.2) is 11.5 Å². The number of fused-ring (bicyclic) bond motifs is 2. The summed E-state index contributed by atoms with van der Waals surface area (Å²) in [6.45, 7) is 0.218. The molecule has 14 heavy (non-hydrogen) atoms. The van der Waals surface area contributed by atoms with Crippen LogP contribution in [0.5, 0.6) is 11.5 Å². The summed E-state index contributed by atoms with van der Waals surface area (Å²) in [6.07, 6.45) is 0. The first kappa shape index (κ1) is 7.44. The lowest BCUT2D eigenvalue weighted by molar-refractivity contribution is 0.174. The van der Waals surface area contributed by atoms with Gasteiger partial charge in [0.05, 0.1) is 0 Å². The predicted octanol–water partition coefficient (Wildman–Crippen LogP) is 1.52. The highest BCUT2D eigenvalue weighted by atomic mass is 16.7. The van der Waals surface area contributed by atoms with E-state index in [4.69, 9.17) is 13.9 Å². The van der Waals surface area contributed by atoms with Crippen molar-refractivity contribution in [2.24, 2.45) is 0 Å². The molecule has 1 aliphatic rings. The topological polar surface area (TPSA) is 48.7 Å². The van der Waals surface area contributed by atoms with Crippen molar-refractivity contribution in [1.82, 2.24) is 0 Å². The second-order valence-corrected chi connectivity index (χ2v) is 3.00. The van der Waals surface area contributed by atoms with Gasteiger partial charge in [-0.25, -0.2) is 4.79 Å². The molecule has 0 radical (unpaired) electrons. The summed E-state index contributed by atoms with van der Waals surface area (Å²) < 4.78 is 15.4. The maximum atomic E-state index is 10.9. The normalized spacial score (nSPS) is 13.4. The van der Waals surface area contributed by atoms with Gasteiger partial charge in [-0.2, -0.15) is 0 Å². The van der Waals surface area contributed by atoms with Crippen LogP contribution in [0.3, 0.4) is 0 Å². The summed E-state index contributed by atoms with van der Waals surface area (Å²) in [5.74, 6) is 1.30. The number of hydrogen-bond acceptors (Lipinski definition) is 4. The van der Waals surface area contributed by atoms with Crippen LogP contribution >= 0.6 is 0 Å². The van der Waals surface area contributed by atoms with Crippen molar-refractivity contribution in [3.63, 3.8) is 0 Å². The summed E-state index contributed by atoms with van der Waals surface area (Å²) in [7, 11) is 0. The molecular weight excluding hydrogens is 184 g/mol. The largest absolute Gasteiger partial charge is 0.454 e. The van der Waals surface area contributed by atoms with Crippen molar-refractivity contribution in [2.45, 2.75) is 0 Å². The number of benzene rings is 1. The smallest absolute Gasteiger partial charge is 0.336 e. The van der Waals surface area contributed by atoms with Crippen molar-refractivity contribution in [2.75, 3.05) is 6.79 Å². The van der Waals surface area contributed by atoms with E-state index in [9.17, 15) is 4.79 Å². The molecule has 0 amide bonds. The molecule has 1 aliphatic heterocycles.